The predicted octanol–water partition coefficient (Wildman–Crippen LogP) is 1.95. The lowest BCUT2D eigenvalue weighted by Crippen LogP contribution is -2.41. The van der Waals surface area contributed by atoms with Crippen LogP contribution in [0.25, 0.3) is 0 Å². The molecule has 0 atom stereocenters. The van der Waals surface area contributed by atoms with E-state index in [2.05, 4.69) is 4.72 Å². The van der Waals surface area contributed by atoms with Gasteiger partial charge in [-0.3, -0.25) is 9.59 Å². The number of benzene rings is 1. The number of amides is 2. The fourth-order valence-electron chi connectivity index (χ4n) is 4.17. The molecule has 7 nitrogen and oxygen atoms in total. The van der Waals surface area contributed by atoms with Gasteiger partial charge in [-0.2, -0.15) is 0 Å². The van der Waals surface area contributed by atoms with Crippen LogP contribution in [0.4, 0.5) is 0 Å². The number of aryl methyl sites for hydroxylation is 1. The average Bonchev–Trinajstić information content (AvgIpc) is 2.73. The summed E-state index contributed by atoms with van der Waals surface area (Å²) in [5.41, 5.74) is 6.26. The molecule has 1 aromatic rings. The average molecular weight is 422 g/mol. The van der Waals surface area contributed by atoms with E-state index in [9.17, 15) is 18.0 Å². The van der Waals surface area contributed by atoms with Crippen LogP contribution in [0.2, 0.25) is 0 Å². The highest BCUT2D eigenvalue weighted by Crippen LogP contribution is 2.21. The normalized spacial score (nSPS) is 19.2. The molecule has 1 aliphatic heterocycles. The van der Waals surface area contributed by atoms with E-state index in [-0.39, 0.29) is 28.7 Å². The van der Waals surface area contributed by atoms with Crippen molar-refractivity contribution in [2.75, 3.05) is 13.1 Å². The van der Waals surface area contributed by atoms with E-state index in [0.29, 0.717) is 38.8 Å². The Bertz CT molecular complexity index is 809. The van der Waals surface area contributed by atoms with Crippen molar-refractivity contribution in [3.05, 3.63) is 29.8 Å². The molecule has 0 unspecified atom stereocenters. The van der Waals surface area contributed by atoms with Crippen LogP contribution in [0.5, 0.6) is 0 Å². The van der Waals surface area contributed by atoms with Gasteiger partial charge in [0, 0.05) is 31.5 Å². The maximum Gasteiger partial charge on any atom is 0.240 e. The van der Waals surface area contributed by atoms with Crippen molar-refractivity contribution in [2.24, 2.45) is 11.7 Å². The third kappa shape index (κ3) is 6.02. The second-order valence-corrected chi connectivity index (χ2v) is 9.87. The Morgan fingerprint density at radius 3 is 2.21 bits per heavy atom. The molecule has 1 aromatic carbocycles. The van der Waals surface area contributed by atoms with E-state index in [4.69, 9.17) is 5.73 Å². The van der Waals surface area contributed by atoms with Crippen LogP contribution >= 0.6 is 0 Å². The van der Waals surface area contributed by atoms with Gasteiger partial charge >= 0.3 is 0 Å². The molecular weight excluding hydrogens is 390 g/mol. The van der Waals surface area contributed by atoms with Crippen LogP contribution in [-0.4, -0.2) is 44.3 Å². The molecule has 1 saturated heterocycles. The molecule has 0 aromatic heterocycles. The van der Waals surface area contributed by atoms with Gasteiger partial charge < -0.3 is 10.6 Å². The Morgan fingerprint density at radius 1 is 1.00 bits per heavy atom. The number of rotatable bonds is 7. The van der Waals surface area contributed by atoms with E-state index in [1.165, 1.54) is 6.42 Å². The summed E-state index contributed by atoms with van der Waals surface area (Å²) in [7, 11) is -3.50. The van der Waals surface area contributed by atoms with Crippen LogP contribution in [0.3, 0.4) is 0 Å². The van der Waals surface area contributed by atoms with Gasteiger partial charge in [0.15, 0.2) is 0 Å². The van der Waals surface area contributed by atoms with Crippen LogP contribution in [0.15, 0.2) is 29.2 Å². The molecular formula is C21H31N3O4S. The molecule has 2 aliphatic rings. The number of hydrogen-bond donors (Lipinski definition) is 2. The van der Waals surface area contributed by atoms with Crippen molar-refractivity contribution < 1.29 is 18.0 Å². The number of nitrogens with zero attached hydrogens (tertiary/aromatic N) is 1. The monoisotopic (exact) mass is 421 g/mol. The smallest absolute Gasteiger partial charge is 0.240 e. The topological polar surface area (TPSA) is 110 Å². The van der Waals surface area contributed by atoms with Crippen LogP contribution < -0.4 is 10.5 Å². The SMILES string of the molecule is NC(=O)C1CCN(C(=O)CCc2ccc(S(=O)(=O)NC3CCCCC3)cc2)CC1. The minimum atomic E-state index is -3.50. The highest BCUT2D eigenvalue weighted by atomic mass is 32.2. The Kier molecular flexibility index (Phi) is 7.29. The van der Waals surface area contributed by atoms with Gasteiger partial charge in [0.25, 0.3) is 0 Å². The molecule has 0 bridgehead atoms. The summed E-state index contributed by atoms with van der Waals surface area (Å²) in [4.78, 5) is 25.7. The number of primary amides is 1. The molecule has 2 amide bonds. The second-order valence-electron chi connectivity index (χ2n) is 8.16. The fraction of sp³-hybridized carbons (Fsp3) is 0.619. The first-order valence-electron chi connectivity index (χ1n) is 10.5. The molecule has 0 spiro atoms. The standard InChI is InChI=1S/C21H31N3O4S/c22-21(26)17-12-14-24(15-13-17)20(25)11-8-16-6-9-19(10-7-16)29(27,28)23-18-4-2-1-3-5-18/h6-7,9-10,17-18,23H,1-5,8,11-15H2,(H2,22,26). The van der Waals surface area contributed by atoms with E-state index < -0.39 is 10.0 Å². The Labute approximate surface area is 173 Å². The molecule has 1 aliphatic carbocycles. The molecule has 1 saturated carbocycles. The number of piperidine rings is 1. The van der Waals surface area contributed by atoms with Crippen molar-refractivity contribution in [1.82, 2.24) is 9.62 Å². The van der Waals surface area contributed by atoms with Crippen molar-refractivity contribution in [2.45, 2.75) is 68.7 Å². The Morgan fingerprint density at radius 2 is 1.62 bits per heavy atom. The number of sulfonamides is 1. The van der Waals surface area contributed by atoms with Crippen LogP contribution in [0, 0.1) is 5.92 Å². The summed E-state index contributed by atoms with van der Waals surface area (Å²) in [6.07, 6.45) is 7.30. The van der Waals surface area contributed by atoms with Gasteiger partial charge in [-0.05, 0) is 49.8 Å². The zero-order valence-electron chi connectivity index (χ0n) is 16.8. The van der Waals surface area contributed by atoms with Gasteiger partial charge in [0.1, 0.15) is 0 Å². The molecule has 0 radical (unpaired) electrons. The van der Waals surface area contributed by atoms with E-state index in [1.807, 2.05) is 0 Å². The van der Waals surface area contributed by atoms with Gasteiger partial charge in [-0.15, -0.1) is 0 Å². The van der Waals surface area contributed by atoms with Gasteiger partial charge in [0.2, 0.25) is 21.8 Å². The number of likely N-dealkylation sites (tertiary alicyclic amines) is 1. The zero-order valence-corrected chi connectivity index (χ0v) is 17.6. The molecule has 3 N–H and O–H groups in total. The summed E-state index contributed by atoms with van der Waals surface area (Å²) >= 11 is 0. The molecule has 8 heteroatoms. The molecule has 2 fully saturated rings. The first-order valence-corrected chi connectivity index (χ1v) is 12.0. The van der Waals surface area contributed by atoms with Crippen molar-refractivity contribution in [3.8, 4) is 0 Å². The molecule has 160 valence electrons. The third-order valence-corrected chi connectivity index (χ3v) is 7.57. The molecule has 29 heavy (non-hydrogen) atoms. The highest BCUT2D eigenvalue weighted by Gasteiger charge is 2.26. The van der Waals surface area contributed by atoms with Crippen LogP contribution in [0.1, 0.15) is 56.9 Å². The molecule has 1 heterocycles. The van der Waals surface area contributed by atoms with Crippen LogP contribution in [-0.2, 0) is 26.0 Å². The first kappa shape index (κ1) is 21.8. The maximum atomic E-state index is 12.6. The summed E-state index contributed by atoms with van der Waals surface area (Å²) in [6.45, 7) is 1.13. The van der Waals surface area contributed by atoms with E-state index >= 15 is 0 Å². The second kappa shape index (κ2) is 9.71. The summed E-state index contributed by atoms with van der Waals surface area (Å²) in [5, 5.41) is 0. The summed E-state index contributed by atoms with van der Waals surface area (Å²) in [5.74, 6) is -0.357. The number of nitrogens with one attached hydrogen (secondary N) is 1. The lowest BCUT2D eigenvalue weighted by molar-refractivity contribution is -0.134. The quantitative estimate of drug-likeness (QED) is 0.701. The first-order chi connectivity index (χ1) is 13.8. The summed E-state index contributed by atoms with van der Waals surface area (Å²) < 4.78 is 27.9. The zero-order chi connectivity index (χ0) is 20.9. The lowest BCUT2D eigenvalue weighted by Gasteiger charge is -2.30. The number of carbonyl (C=O) groups is 2. The third-order valence-electron chi connectivity index (χ3n) is 6.04. The Balaban J connectivity index is 1.49. The van der Waals surface area contributed by atoms with Gasteiger partial charge in [-0.25, -0.2) is 13.1 Å². The predicted molar refractivity (Wildman–Crippen MR) is 110 cm³/mol. The number of hydrogen-bond acceptors (Lipinski definition) is 4. The Hall–Kier alpha value is -1.93. The van der Waals surface area contributed by atoms with E-state index in [0.717, 1.165) is 31.2 Å². The number of carbonyl (C=O) groups excluding carboxylic acids is 2. The fourth-order valence-corrected chi connectivity index (χ4v) is 5.47. The van der Waals surface area contributed by atoms with Gasteiger partial charge in [-0.1, -0.05) is 31.4 Å². The minimum Gasteiger partial charge on any atom is -0.369 e. The van der Waals surface area contributed by atoms with E-state index in [1.54, 1.807) is 29.2 Å². The highest BCUT2D eigenvalue weighted by molar-refractivity contribution is 7.89. The lowest BCUT2D eigenvalue weighted by atomic mass is 9.96. The van der Waals surface area contributed by atoms with Crippen molar-refractivity contribution >= 4 is 21.8 Å². The van der Waals surface area contributed by atoms with Crippen molar-refractivity contribution in [1.29, 1.82) is 0 Å². The minimum absolute atomic E-state index is 0.0322. The maximum absolute atomic E-state index is 12.6. The molecule has 3 rings (SSSR count). The van der Waals surface area contributed by atoms with Gasteiger partial charge in [0.05, 0.1) is 4.90 Å². The largest absolute Gasteiger partial charge is 0.369 e. The summed E-state index contributed by atoms with van der Waals surface area (Å²) in [6, 6.07) is 6.82. The van der Waals surface area contributed by atoms with Crippen molar-refractivity contribution in [3.63, 3.8) is 0 Å². The number of nitrogens with two attached hydrogens (primary N) is 1.